The molecule has 142 valence electrons. The topological polar surface area (TPSA) is 71.9 Å². The van der Waals surface area contributed by atoms with E-state index in [9.17, 15) is 9.18 Å². The van der Waals surface area contributed by atoms with Gasteiger partial charge in [0.05, 0.1) is 18.2 Å². The SMILES string of the molecule is N#Cc1ccc2c(C3CCN(CC(=O)Nc4ccc(F)cc4)CC3)c[nH]c2c1. The molecular weight excluding hydrogens is 355 g/mol. The smallest absolute Gasteiger partial charge is 0.238 e. The van der Waals surface area contributed by atoms with E-state index in [1.807, 2.05) is 24.4 Å². The van der Waals surface area contributed by atoms with Crippen LogP contribution in [-0.2, 0) is 4.79 Å². The molecule has 0 saturated carbocycles. The van der Waals surface area contributed by atoms with Crippen molar-refractivity contribution in [2.24, 2.45) is 0 Å². The molecule has 28 heavy (non-hydrogen) atoms. The molecule has 0 unspecified atom stereocenters. The number of carbonyl (C=O) groups excluding carboxylic acids is 1. The summed E-state index contributed by atoms with van der Waals surface area (Å²) < 4.78 is 12.9. The second-order valence-electron chi connectivity index (χ2n) is 7.22. The lowest BCUT2D eigenvalue weighted by atomic mass is 9.89. The van der Waals surface area contributed by atoms with Gasteiger partial charge in [-0.15, -0.1) is 0 Å². The Morgan fingerprint density at radius 2 is 1.96 bits per heavy atom. The average molecular weight is 376 g/mol. The number of likely N-dealkylation sites (tertiary alicyclic amines) is 1. The lowest BCUT2D eigenvalue weighted by molar-refractivity contribution is -0.117. The molecule has 0 bridgehead atoms. The van der Waals surface area contributed by atoms with E-state index in [0.717, 1.165) is 31.4 Å². The van der Waals surface area contributed by atoms with Crippen LogP contribution in [0.1, 0.15) is 29.9 Å². The Labute approximate surface area is 162 Å². The Kier molecular flexibility index (Phi) is 5.09. The third-order valence-electron chi connectivity index (χ3n) is 5.37. The van der Waals surface area contributed by atoms with Crippen molar-refractivity contribution >= 4 is 22.5 Å². The molecule has 3 aromatic rings. The average Bonchev–Trinajstić information content (AvgIpc) is 3.13. The lowest BCUT2D eigenvalue weighted by Crippen LogP contribution is -2.38. The van der Waals surface area contributed by atoms with E-state index in [2.05, 4.69) is 21.3 Å². The normalized spacial score (nSPS) is 15.4. The van der Waals surface area contributed by atoms with Crippen molar-refractivity contribution in [1.82, 2.24) is 9.88 Å². The van der Waals surface area contributed by atoms with Crippen molar-refractivity contribution in [2.45, 2.75) is 18.8 Å². The number of carbonyl (C=O) groups is 1. The third-order valence-corrected chi connectivity index (χ3v) is 5.37. The number of nitrogens with zero attached hydrogens (tertiary/aromatic N) is 2. The first-order chi connectivity index (χ1) is 13.6. The Hall–Kier alpha value is -3.17. The highest BCUT2D eigenvalue weighted by molar-refractivity contribution is 5.92. The van der Waals surface area contributed by atoms with Crippen LogP contribution in [0.15, 0.2) is 48.7 Å². The van der Waals surface area contributed by atoms with Gasteiger partial charge >= 0.3 is 0 Å². The van der Waals surface area contributed by atoms with E-state index in [0.29, 0.717) is 23.7 Å². The van der Waals surface area contributed by atoms with Gasteiger partial charge in [-0.25, -0.2) is 4.39 Å². The number of anilines is 1. The highest BCUT2D eigenvalue weighted by Gasteiger charge is 2.24. The Balaban J connectivity index is 1.34. The maximum absolute atomic E-state index is 12.9. The minimum atomic E-state index is -0.318. The van der Waals surface area contributed by atoms with Crippen molar-refractivity contribution in [2.75, 3.05) is 25.0 Å². The minimum Gasteiger partial charge on any atom is -0.361 e. The van der Waals surface area contributed by atoms with Crippen LogP contribution >= 0.6 is 0 Å². The molecule has 5 nitrogen and oxygen atoms in total. The number of amides is 1. The predicted octanol–water partition coefficient (Wildman–Crippen LogP) is 4.00. The van der Waals surface area contributed by atoms with Gasteiger partial charge in [0.15, 0.2) is 0 Å². The van der Waals surface area contributed by atoms with E-state index in [1.54, 1.807) is 12.1 Å². The van der Waals surface area contributed by atoms with Gasteiger partial charge in [0.25, 0.3) is 0 Å². The van der Waals surface area contributed by atoms with Gasteiger partial charge < -0.3 is 10.3 Å². The highest BCUT2D eigenvalue weighted by atomic mass is 19.1. The van der Waals surface area contributed by atoms with Crippen molar-refractivity contribution < 1.29 is 9.18 Å². The van der Waals surface area contributed by atoms with Crippen LogP contribution in [0.5, 0.6) is 0 Å². The molecule has 2 heterocycles. The number of rotatable bonds is 4. The molecule has 1 saturated heterocycles. The fourth-order valence-electron chi connectivity index (χ4n) is 3.89. The van der Waals surface area contributed by atoms with E-state index in [4.69, 9.17) is 5.26 Å². The van der Waals surface area contributed by atoms with Crippen LogP contribution in [0.2, 0.25) is 0 Å². The number of hydrogen-bond donors (Lipinski definition) is 2. The molecule has 2 N–H and O–H groups in total. The van der Waals surface area contributed by atoms with Crippen LogP contribution in [0.25, 0.3) is 10.9 Å². The summed E-state index contributed by atoms with van der Waals surface area (Å²) in [6, 6.07) is 13.7. The number of benzene rings is 2. The van der Waals surface area contributed by atoms with Gasteiger partial charge in [0, 0.05) is 22.8 Å². The maximum atomic E-state index is 12.9. The minimum absolute atomic E-state index is 0.0822. The molecule has 1 aromatic heterocycles. The zero-order valence-corrected chi connectivity index (χ0v) is 15.4. The third kappa shape index (κ3) is 3.90. The second kappa shape index (κ2) is 7.83. The molecule has 1 aliphatic rings. The van der Waals surface area contributed by atoms with Crippen LogP contribution in [-0.4, -0.2) is 35.4 Å². The highest BCUT2D eigenvalue weighted by Crippen LogP contribution is 2.33. The van der Waals surface area contributed by atoms with Crippen molar-refractivity contribution in [3.63, 3.8) is 0 Å². The van der Waals surface area contributed by atoms with Gasteiger partial charge in [-0.3, -0.25) is 9.69 Å². The first kappa shape index (κ1) is 18.2. The van der Waals surface area contributed by atoms with Crippen LogP contribution < -0.4 is 5.32 Å². The lowest BCUT2D eigenvalue weighted by Gasteiger charge is -2.31. The fraction of sp³-hybridized carbons (Fsp3) is 0.273. The van der Waals surface area contributed by atoms with E-state index in [1.165, 1.54) is 23.1 Å². The number of H-pyrrole nitrogens is 1. The van der Waals surface area contributed by atoms with E-state index < -0.39 is 0 Å². The summed E-state index contributed by atoms with van der Waals surface area (Å²) in [6.07, 6.45) is 4.01. The molecule has 1 amide bonds. The zero-order valence-electron chi connectivity index (χ0n) is 15.4. The Morgan fingerprint density at radius 3 is 2.68 bits per heavy atom. The first-order valence-corrected chi connectivity index (χ1v) is 9.41. The van der Waals surface area contributed by atoms with Crippen LogP contribution in [0, 0.1) is 17.1 Å². The molecule has 0 atom stereocenters. The fourth-order valence-corrected chi connectivity index (χ4v) is 3.89. The number of hydrogen-bond acceptors (Lipinski definition) is 3. The molecule has 4 rings (SSSR count). The number of nitrogens with one attached hydrogen (secondary N) is 2. The molecule has 1 fully saturated rings. The summed E-state index contributed by atoms with van der Waals surface area (Å²) >= 11 is 0. The van der Waals surface area contributed by atoms with Gasteiger partial charge in [-0.05, 0) is 73.8 Å². The summed E-state index contributed by atoms with van der Waals surface area (Å²) in [7, 11) is 0. The summed E-state index contributed by atoms with van der Waals surface area (Å²) in [4.78, 5) is 17.7. The monoisotopic (exact) mass is 376 g/mol. The number of halogens is 1. The summed E-state index contributed by atoms with van der Waals surface area (Å²) in [5, 5.41) is 13.0. The van der Waals surface area contributed by atoms with Gasteiger partial charge in [-0.2, -0.15) is 5.26 Å². The second-order valence-corrected chi connectivity index (χ2v) is 7.22. The number of aromatic nitrogens is 1. The summed E-state index contributed by atoms with van der Waals surface area (Å²) in [6.45, 7) is 2.04. The van der Waals surface area contributed by atoms with E-state index >= 15 is 0 Å². The molecule has 0 spiro atoms. The predicted molar refractivity (Wildman–Crippen MR) is 106 cm³/mol. The molecule has 0 aliphatic carbocycles. The van der Waals surface area contributed by atoms with Crippen molar-refractivity contribution in [1.29, 1.82) is 5.26 Å². The molecule has 1 aliphatic heterocycles. The van der Waals surface area contributed by atoms with Gasteiger partial charge in [0.2, 0.25) is 5.91 Å². The number of piperidine rings is 1. The van der Waals surface area contributed by atoms with Crippen LogP contribution in [0.4, 0.5) is 10.1 Å². The van der Waals surface area contributed by atoms with Gasteiger partial charge in [-0.1, -0.05) is 6.07 Å². The van der Waals surface area contributed by atoms with Gasteiger partial charge in [0.1, 0.15) is 5.82 Å². The quantitative estimate of drug-likeness (QED) is 0.723. The summed E-state index contributed by atoms with van der Waals surface area (Å²) in [5.41, 5.74) is 3.55. The molecule has 6 heteroatoms. The molecular formula is C22H21FN4O. The van der Waals surface area contributed by atoms with Crippen molar-refractivity contribution in [3.8, 4) is 6.07 Å². The number of aromatic amines is 1. The first-order valence-electron chi connectivity index (χ1n) is 9.41. The Bertz CT molecular complexity index is 1030. The number of fused-ring (bicyclic) bond motifs is 1. The maximum Gasteiger partial charge on any atom is 0.238 e. The van der Waals surface area contributed by atoms with E-state index in [-0.39, 0.29) is 11.7 Å². The number of nitriles is 1. The van der Waals surface area contributed by atoms with Crippen molar-refractivity contribution in [3.05, 3.63) is 65.6 Å². The zero-order chi connectivity index (χ0) is 19.5. The largest absolute Gasteiger partial charge is 0.361 e. The summed E-state index contributed by atoms with van der Waals surface area (Å²) in [5.74, 6) is 0.0421. The molecule has 0 radical (unpaired) electrons. The molecule has 2 aromatic carbocycles. The standard InChI is InChI=1S/C22H21FN4O/c23-17-2-4-18(5-3-17)26-22(28)14-27-9-7-16(8-10-27)20-13-25-21-11-15(12-24)1-6-19(20)21/h1-6,11,13,16,25H,7-10,14H2,(H,26,28). The van der Waals surface area contributed by atoms with Crippen LogP contribution in [0.3, 0.4) is 0 Å². The Morgan fingerprint density at radius 1 is 1.21 bits per heavy atom.